The van der Waals surface area contributed by atoms with E-state index in [-0.39, 0.29) is 11.8 Å². The van der Waals surface area contributed by atoms with Gasteiger partial charge >= 0.3 is 0 Å². The van der Waals surface area contributed by atoms with E-state index >= 15 is 0 Å². The summed E-state index contributed by atoms with van der Waals surface area (Å²) in [6.45, 7) is 3.12. The molecule has 1 saturated heterocycles. The van der Waals surface area contributed by atoms with Crippen molar-refractivity contribution in [1.82, 2.24) is 9.80 Å². The number of carbonyl (C=O) groups is 2. The SMILES string of the molecule is [N-]=[N+]=NCCCCC(=O)N1CCN(C(=O)CCCCN=[N+]=[N-])CC1. The van der Waals surface area contributed by atoms with Gasteiger partial charge in [-0.15, -0.1) is 0 Å². The Hall–Kier alpha value is -2.44. The highest BCUT2D eigenvalue weighted by Crippen LogP contribution is 2.09. The van der Waals surface area contributed by atoms with E-state index in [1.165, 1.54) is 0 Å². The van der Waals surface area contributed by atoms with Crippen LogP contribution in [0.3, 0.4) is 0 Å². The Balaban J connectivity index is 2.18. The maximum absolute atomic E-state index is 12.1. The molecule has 132 valence electrons. The van der Waals surface area contributed by atoms with E-state index in [0.29, 0.717) is 77.8 Å². The number of hydrogen-bond donors (Lipinski definition) is 0. The van der Waals surface area contributed by atoms with E-state index in [1.807, 2.05) is 0 Å². The van der Waals surface area contributed by atoms with Crippen molar-refractivity contribution in [2.24, 2.45) is 10.2 Å². The molecule has 0 aromatic rings. The van der Waals surface area contributed by atoms with Crippen molar-refractivity contribution in [2.75, 3.05) is 39.3 Å². The molecule has 10 heteroatoms. The second-order valence-electron chi connectivity index (χ2n) is 5.58. The van der Waals surface area contributed by atoms with E-state index < -0.39 is 0 Å². The van der Waals surface area contributed by atoms with E-state index in [1.54, 1.807) is 9.80 Å². The monoisotopic (exact) mass is 336 g/mol. The molecule has 24 heavy (non-hydrogen) atoms. The molecule has 0 radical (unpaired) electrons. The molecule has 0 saturated carbocycles. The summed E-state index contributed by atoms with van der Waals surface area (Å²) in [6, 6.07) is 0. The molecule has 1 aliphatic rings. The zero-order valence-electron chi connectivity index (χ0n) is 13.9. The molecule has 0 atom stereocenters. The van der Waals surface area contributed by atoms with Crippen LogP contribution in [0.25, 0.3) is 20.9 Å². The Morgan fingerprint density at radius 3 is 1.46 bits per heavy atom. The molecule has 10 nitrogen and oxygen atoms in total. The molecule has 1 aliphatic heterocycles. The molecule has 0 aromatic heterocycles. The van der Waals surface area contributed by atoms with Gasteiger partial charge in [-0.1, -0.05) is 10.2 Å². The van der Waals surface area contributed by atoms with Crippen LogP contribution in [0.4, 0.5) is 0 Å². The molecule has 0 N–H and O–H groups in total. The minimum Gasteiger partial charge on any atom is -0.339 e. The summed E-state index contributed by atoms with van der Waals surface area (Å²) in [5.41, 5.74) is 16.3. The first kappa shape index (κ1) is 19.6. The number of carbonyl (C=O) groups excluding carboxylic acids is 2. The highest BCUT2D eigenvalue weighted by Gasteiger charge is 2.23. The van der Waals surface area contributed by atoms with Crippen LogP contribution in [0.15, 0.2) is 10.2 Å². The van der Waals surface area contributed by atoms with Gasteiger partial charge in [-0.2, -0.15) is 0 Å². The van der Waals surface area contributed by atoms with Gasteiger partial charge in [0.05, 0.1) is 0 Å². The number of azide groups is 2. The Kier molecular flexibility index (Phi) is 9.84. The highest BCUT2D eigenvalue weighted by molar-refractivity contribution is 5.78. The third-order valence-electron chi connectivity index (χ3n) is 3.91. The quantitative estimate of drug-likeness (QED) is 0.262. The standard InChI is InChI=1S/C14H24N8O2/c15-19-17-7-3-1-5-13(23)21-9-11-22(12-10-21)14(24)6-2-4-8-18-20-16/h1-12H2. The summed E-state index contributed by atoms with van der Waals surface area (Å²) in [5.74, 6) is 0.190. The second kappa shape index (κ2) is 12.0. The lowest BCUT2D eigenvalue weighted by atomic mass is 10.2. The lowest BCUT2D eigenvalue weighted by Gasteiger charge is -2.35. The summed E-state index contributed by atoms with van der Waals surface area (Å²) >= 11 is 0. The van der Waals surface area contributed by atoms with E-state index in [9.17, 15) is 9.59 Å². The number of unbranched alkanes of at least 4 members (excludes halogenated alkanes) is 2. The lowest BCUT2D eigenvalue weighted by molar-refractivity contribution is -0.139. The summed E-state index contributed by atoms with van der Waals surface area (Å²) in [7, 11) is 0. The first-order valence-electron chi connectivity index (χ1n) is 8.26. The van der Waals surface area contributed by atoms with Crippen molar-refractivity contribution in [3.8, 4) is 0 Å². The molecule has 1 heterocycles. The van der Waals surface area contributed by atoms with Crippen LogP contribution in [0.5, 0.6) is 0 Å². The van der Waals surface area contributed by atoms with Crippen LogP contribution in [0, 0.1) is 0 Å². The predicted octanol–water partition coefficient (Wildman–Crippen LogP) is 2.62. The minimum atomic E-state index is 0.0948. The summed E-state index contributed by atoms with van der Waals surface area (Å²) in [6.07, 6.45) is 3.75. The number of rotatable bonds is 10. The molecule has 0 aliphatic carbocycles. The number of amides is 2. The van der Waals surface area contributed by atoms with Crippen LogP contribution < -0.4 is 0 Å². The summed E-state index contributed by atoms with van der Waals surface area (Å²) in [5, 5.41) is 6.88. The van der Waals surface area contributed by atoms with Gasteiger partial charge in [-0.3, -0.25) is 9.59 Å². The van der Waals surface area contributed by atoms with Crippen molar-refractivity contribution >= 4 is 11.8 Å². The van der Waals surface area contributed by atoms with Gasteiger partial charge in [-0.25, -0.2) is 0 Å². The zero-order valence-corrected chi connectivity index (χ0v) is 13.9. The average Bonchev–Trinajstić information content (AvgIpc) is 2.61. The van der Waals surface area contributed by atoms with E-state index in [4.69, 9.17) is 11.1 Å². The molecule has 0 spiro atoms. The maximum Gasteiger partial charge on any atom is 0.222 e. The van der Waals surface area contributed by atoms with Gasteiger partial charge in [0.25, 0.3) is 0 Å². The maximum atomic E-state index is 12.1. The molecule has 1 rings (SSSR count). The highest BCUT2D eigenvalue weighted by atomic mass is 16.2. The van der Waals surface area contributed by atoms with Crippen molar-refractivity contribution in [3.63, 3.8) is 0 Å². The van der Waals surface area contributed by atoms with Gasteiger partial charge in [0.2, 0.25) is 11.8 Å². The first-order chi connectivity index (χ1) is 11.7. The third kappa shape index (κ3) is 7.71. The fourth-order valence-electron chi connectivity index (χ4n) is 2.53. The molecule has 0 bridgehead atoms. The smallest absolute Gasteiger partial charge is 0.222 e. The minimum absolute atomic E-state index is 0.0948. The first-order valence-corrected chi connectivity index (χ1v) is 8.26. The average molecular weight is 336 g/mol. The fourth-order valence-corrected chi connectivity index (χ4v) is 2.53. The Morgan fingerprint density at radius 2 is 1.12 bits per heavy atom. The van der Waals surface area contributed by atoms with Crippen LogP contribution in [0.1, 0.15) is 38.5 Å². The van der Waals surface area contributed by atoms with Crippen molar-refractivity contribution < 1.29 is 9.59 Å². The van der Waals surface area contributed by atoms with Gasteiger partial charge in [0.1, 0.15) is 0 Å². The Labute approximate surface area is 141 Å². The lowest BCUT2D eigenvalue weighted by Crippen LogP contribution is -2.50. The molecule has 0 aromatic carbocycles. The van der Waals surface area contributed by atoms with E-state index in [2.05, 4.69) is 20.1 Å². The Bertz CT molecular complexity index is 457. The van der Waals surface area contributed by atoms with Crippen LogP contribution >= 0.6 is 0 Å². The molecule has 2 amide bonds. The predicted molar refractivity (Wildman–Crippen MR) is 88.9 cm³/mol. The summed E-state index contributed by atoms with van der Waals surface area (Å²) < 4.78 is 0. The van der Waals surface area contributed by atoms with Gasteiger partial charge in [0.15, 0.2) is 0 Å². The number of piperazine rings is 1. The second-order valence-corrected chi connectivity index (χ2v) is 5.58. The van der Waals surface area contributed by atoms with Crippen molar-refractivity contribution in [1.29, 1.82) is 0 Å². The summed E-state index contributed by atoms with van der Waals surface area (Å²) in [4.78, 5) is 33.0. The largest absolute Gasteiger partial charge is 0.339 e. The third-order valence-corrected chi connectivity index (χ3v) is 3.91. The van der Waals surface area contributed by atoms with Crippen LogP contribution in [-0.4, -0.2) is 60.9 Å². The molecule has 1 fully saturated rings. The van der Waals surface area contributed by atoms with Crippen molar-refractivity contribution in [3.05, 3.63) is 20.9 Å². The number of hydrogen-bond acceptors (Lipinski definition) is 4. The molecular formula is C14H24N8O2. The fraction of sp³-hybridized carbons (Fsp3) is 0.857. The van der Waals surface area contributed by atoms with Crippen LogP contribution in [-0.2, 0) is 9.59 Å². The van der Waals surface area contributed by atoms with Gasteiger partial charge in [-0.05, 0) is 36.7 Å². The topological polar surface area (TPSA) is 138 Å². The number of nitrogens with zero attached hydrogens (tertiary/aromatic N) is 8. The van der Waals surface area contributed by atoms with Crippen LogP contribution in [0.2, 0.25) is 0 Å². The molecular weight excluding hydrogens is 312 g/mol. The zero-order chi connectivity index (χ0) is 17.6. The van der Waals surface area contributed by atoms with E-state index in [0.717, 1.165) is 0 Å². The Morgan fingerprint density at radius 1 is 0.750 bits per heavy atom. The van der Waals surface area contributed by atoms with Gasteiger partial charge in [0, 0.05) is 61.9 Å². The van der Waals surface area contributed by atoms with Gasteiger partial charge < -0.3 is 9.80 Å². The molecule has 0 unspecified atom stereocenters. The van der Waals surface area contributed by atoms with Crippen molar-refractivity contribution in [2.45, 2.75) is 38.5 Å². The normalized spacial score (nSPS) is 13.8.